The maximum Gasteiger partial charge on any atom is 0.317 e. The Labute approximate surface area is 143 Å². The number of thiophene rings is 1. The molecular formula is C19H17FO3S. The Morgan fingerprint density at radius 3 is 2.75 bits per heavy atom. The fourth-order valence-corrected chi connectivity index (χ4v) is 3.84. The van der Waals surface area contributed by atoms with Crippen LogP contribution in [0.5, 0.6) is 0 Å². The van der Waals surface area contributed by atoms with E-state index in [1.807, 2.05) is 17.5 Å². The minimum atomic E-state index is -0.995. The molecule has 2 atom stereocenters. The van der Waals surface area contributed by atoms with E-state index in [1.54, 1.807) is 25.1 Å². The second kappa shape index (κ2) is 7.09. The van der Waals surface area contributed by atoms with E-state index in [1.165, 1.54) is 23.5 Å². The highest BCUT2D eigenvalue weighted by Gasteiger charge is 2.40. The SMILES string of the molecule is CCOC(=O)[C@H]1C(=O)C=C(c2cccs2)C[C@H]1c1ccccc1F. The summed E-state index contributed by atoms with van der Waals surface area (Å²) >= 11 is 1.52. The van der Waals surface area contributed by atoms with Gasteiger partial charge < -0.3 is 4.74 Å². The average Bonchev–Trinajstić information content (AvgIpc) is 3.09. The molecule has 1 heterocycles. The van der Waals surface area contributed by atoms with Crippen LogP contribution in [0.1, 0.15) is 29.7 Å². The summed E-state index contributed by atoms with van der Waals surface area (Å²) in [5.74, 6) is -2.86. The lowest BCUT2D eigenvalue weighted by molar-refractivity contribution is -0.151. The van der Waals surface area contributed by atoms with E-state index < -0.39 is 23.6 Å². The Hall–Kier alpha value is -2.27. The summed E-state index contributed by atoms with van der Waals surface area (Å²) in [6.07, 6.45) is 1.93. The van der Waals surface area contributed by atoms with Gasteiger partial charge in [0.1, 0.15) is 11.7 Å². The molecule has 0 spiro atoms. The Balaban J connectivity index is 2.04. The van der Waals surface area contributed by atoms with Gasteiger partial charge in [-0.2, -0.15) is 0 Å². The molecule has 124 valence electrons. The number of hydrogen-bond donors (Lipinski definition) is 0. The van der Waals surface area contributed by atoms with Crippen LogP contribution in [0.4, 0.5) is 4.39 Å². The zero-order valence-corrected chi connectivity index (χ0v) is 14.0. The van der Waals surface area contributed by atoms with Gasteiger partial charge >= 0.3 is 5.97 Å². The third-order valence-electron chi connectivity index (χ3n) is 4.15. The van der Waals surface area contributed by atoms with Gasteiger partial charge in [-0.05, 0) is 48.1 Å². The summed E-state index contributed by atoms with van der Waals surface area (Å²) < 4.78 is 19.4. The van der Waals surface area contributed by atoms with Crippen molar-refractivity contribution in [2.45, 2.75) is 19.3 Å². The van der Waals surface area contributed by atoms with Gasteiger partial charge in [0.05, 0.1) is 6.61 Å². The van der Waals surface area contributed by atoms with Crippen molar-refractivity contribution in [2.24, 2.45) is 5.92 Å². The quantitative estimate of drug-likeness (QED) is 0.616. The molecule has 0 unspecified atom stereocenters. The van der Waals surface area contributed by atoms with E-state index in [-0.39, 0.29) is 12.4 Å². The minimum Gasteiger partial charge on any atom is -0.465 e. The van der Waals surface area contributed by atoms with Crippen molar-refractivity contribution in [1.82, 2.24) is 0 Å². The smallest absolute Gasteiger partial charge is 0.317 e. The number of benzene rings is 1. The van der Waals surface area contributed by atoms with Crippen LogP contribution in [0.3, 0.4) is 0 Å². The Morgan fingerprint density at radius 1 is 1.29 bits per heavy atom. The van der Waals surface area contributed by atoms with Gasteiger partial charge in [0, 0.05) is 10.8 Å². The third-order valence-corrected chi connectivity index (χ3v) is 5.09. The molecule has 0 radical (unpaired) electrons. The van der Waals surface area contributed by atoms with Gasteiger partial charge in [0.2, 0.25) is 0 Å². The molecule has 1 aromatic heterocycles. The van der Waals surface area contributed by atoms with Crippen molar-refractivity contribution >= 4 is 28.7 Å². The van der Waals surface area contributed by atoms with Crippen LogP contribution >= 0.6 is 11.3 Å². The molecule has 1 aromatic carbocycles. The van der Waals surface area contributed by atoms with Crippen molar-refractivity contribution in [3.8, 4) is 0 Å². The first-order valence-corrected chi connectivity index (χ1v) is 8.69. The highest BCUT2D eigenvalue weighted by atomic mass is 32.1. The fourth-order valence-electron chi connectivity index (χ4n) is 3.08. The highest BCUT2D eigenvalue weighted by Crippen LogP contribution is 2.41. The number of allylic oxidation sites excluding steroid dienone is 2. The van der Waals surface area contributed by atoms with Gasteiger partial charge in [-0.1, -0.05) is 24.3 Å². The molecule has 5 heteroatoms. The molecule has 1 aliphatic carbocycles. The van der Waals surface area contributed by atoms with Crippen molar-refractivity contribution in [2.75, 3.05) is 6.61 Å². The standard InChI is InChI=1S/C19H17FO3S/c1-2-23-19(22)18-14(13-6-3-4-7-15(13)20)10-12(11-16(18)21)17-8-5-9-24-17/h3-9,11,14,18H,2,10H2,1H3/t14-,18+/m0/s1. The highest BCUT2D eigenvalue weighted by molar-refractivity contribution is 7.11. The van der Waals surface area contributed by atoms with Gasteiger partial charge in [-0.3, -0.25) is 9.59 Å². The second-order valence-corrected chi connectivity index (χ2v) is 6.56. The molecule has 2 aromatic rings. The second-order valence-electron chi connectivity index (χ2n) is 5.61. The van der Waals surface area contributed by atoms with E-state index in [0.717, 1.165) is 10.5 Å². The van der Waals surface area contributed by atoms with Crippen LogP contribution in [-0.2, 0) is 14.3 Å². The molecule has 1 aliphatic rings. The lowest BCUT2D eigenvalue weighted by Crippen LogP contribution is -2.34. The number of carbonyl (C=O) groups is 2. The lowest BCUT2D eigenvalue weighted by atomic mass is 9.74. The van der Waals surface area contributed by atoms with E-state index in [4.69, 9.17) is 4.74 Å². The first kappa shape index (κ1) is 16.6. The number of hydrogen-bond acceptors (Lipinski definition) is 4. The van der Waals surface area contributed by atoms with Crippen LogP contribution in [0.2, 0.25) is 0 Å². The molecule has 0 aliphatic heterocycles. The van der Waals surface area contributed by atoms with Crippen LogP contribution in [0, 0.1) is 11.7 Å². The zero-order valence-electron chi connectivity index (χ0n) is 13.2. The van der Waals surface area contributed by atoms with Crippen LogP contribution in [0.15, 0.2) is 47.9 Å². The number of carbonyl (C=O) groups excluding carboxylic acids is 2. The molecule has 3 nitrogen and oxygen atoms in total. The number of ketones is 1. The van der Waals surface area contributed by atoms with Gasteiger partial charge in [0.25, 0.3) is 0 Å². The monoisotopic (exact) mass is 344 g/mol. The number of rotatable bonds is 4. The normalized spacial score (nSPS) is 20.6. The van der Waals surface area contributed by atoms with Crippen LogP contribution < -0.4 is 0 Å². The molecular weight excluding hydrogens is 327 g/mol. The van der Waals surface area contributed by atoms with E-state index in [2.05, 4.69) is 0 Å². The van der Waals surface area contributed by atoms with Crippen molar-refractivity contribution in [3.05, 3.63) is 64.1 Å². The van der Waals surface area contributed by atoms with E-state index in [9.17, 15) is 14.0 Å². The van der Waals surface area contributed by atoms with Crippen LogP contribution in [-0.4, -0.2) is 18.4 Å². The van der Waals surface area contributed by atoms with Crippen molar-refractivity contribution in [3.63, 3.8) is 0 Å². The predicted molar refractivity (Wildman–Crippen MR) is 91.2 cm³/mol. The first-order chi connectivity index (χ1) is 11.6. The van der Waals surface area contributed by atoms with Crippen LogP contribution in [0.25, 0.3) is 5.57 Å². The molecule has 0 N–H and O–H groups in total. The summed E-state index contributed by atoms with van der Waals surface area (Å²) in [6, 6.07) is 10.1. The lowest BCUT2D eigenvalue weighted by Gasteiger charge is -2.29. The first-order valence-electron chi connectivity index (χ1n) is 7.81. The van der Waals surface area contributed by atoms with Gasteiger partial charge in [0.15, 0.2) is 5.78 Å². The molecule has 0 saturated heterocycles. The topological polar surface area (TPSA) is 43.4 Å². The van der Waals surface area contributed by atoms with Gasteiger partial charge in [-0.15, -0.1) is 11.3 Å². The Morgan fingerprint density at radius 2 is 2.08 bits per heavy atom. The van der Waals surface area contributed by atoms with E-state index >= 15 is 0 Å². The fraction of sp³-hybridized carbons (Fsp3) is 0.263. The maximum absolute atomic E-state index is 14.3. The molecule has 0 fully saturated rings. The zero-order chi connectivity index (χ0) is 17.1. The summed E-state index contributed by atoms with van der Waals surface area (Å²) in [7, 11) is 0. The van der Waals surface area contributed by atoms with Crippen molar-refractivity contribution < 1.29 is 18.7 Å². The largest absolute Gasteiger partial charge is 0.465 e. The minimum absolute atomic E-state index is 0.189. The predicted octanol–water partition coefficient (Wildman–Crippen LogP) is 4.21. The summed E-state index contributed by atoms with van der Waals surface area (Å²) in [5.41, 5.74) is 1.22. The molecule has 0 saturated carbocycles. The van der Waals surface area contributed by atoms with Gasteiger partial charge in [-0.25, -0.2) is 4.39 Å². The third kappa shape index (κ3) is 3.17. The van der Waals surface area contributed by atoms with Crippen molar-refractivity contribution in [1.29, 1.82) is 0 Å². The molecule has 0 amide bonds. The molecule has 24 heavy (non-hydrogen) atoms. The summed E-state index contributed by atoms with van der Waals surface area (Å²) in [4.78, 5) is 25.9. The van der Waals surface area contributed by atoms with E-state index in [0.29, 0.717) is 12.0 Å². The number of esters is 1. The summed E-state index contributed by atoms with van der Waals surface area (Å²) in [5, 5.41) is 1.93. The Kier molecular flexibility index (Phi) is 4.90. The number of ether oxygens (including phenoxy) is 1. The molecule has 3 rings (SSSR count). The molecule has 0 bridgehead atoms. The number of halogens is 1. The Bertz CT molecular complexity index is 780. The average molecular weight is 344 g/mol. The summed E-state index contributed by atoms with van der Waals surface area (Å²) in [6.45, 7) is 1.88. The maximum atomic E-state index is 14.3.